The first-order valence-electron chi connectivity index (χ1n) is 9.29. The predicted octanol–water partition coefficient (Wildman–Crippen LogP) is 4.16. The van der Waals surface area contributed by atoms with Gasteiger partial charge in [0.2, 0.25) is 10.0 Å². The molecule has 0 saturated heterocycles. The summed E-state index contributed by atoms with van der Waals surface area (Å²) < 4.78 is 26.2. The molecule has 1 aliphatic heterocycles. The molecule has 3 rings (SSSR count). The fraction of sp³-hybridized carbons (Fsp3) is 0.381. The molecule has 27 heavy (non-hydrogen) atoms. The van der Waals surface area contributed by atoms with E-state index in [1.165, 1.54) is 9.87 Å². The van der Waals surface area contributed by atoms with E-state index >= 15 is 0 Å². The second-order valence-electron chi connectivity index (χ2n) is 7.32. The van der Waals surface area contributed by atoms with Crippen LogP contribution < -0.4 is 9.62 Å². The summed E-state index contributed by atoms with van der Waals surface area (Å²) in [5, 5.41) is 2.91. The molecule has 144 valence electrons. The van der Waals surface area contributed by atoms with Gasteiger partial charge in [0.1, 0.15) is 0 Å². The summed E-state index contributed by atoms with van der Waals surface area (Å²) in [7, 11) is -3.32. The van der Waals surface area contributed by atoms with Crippen LogP contribution in [0.25, 0.3) is 0 Å². The maximum atomic E-state index is 12.6. The van der Waals surface area contributed by atoms with Crippen LogP contribution in [-0.2, 0) is 16.4 Å². The van der Waals surface area contributed by atoms with Crippen molar-refractivity contribution in [2.75, 3.05) is 15.4 Å². The van der Waals surface area contributed by atoms with Gasteiger partial charge < -0.3 is 5.32 Å². The van der Waals surface area contributed by atoms with Crippen molar-refractivity contribution in [3.8, 4) is 0 Å². The van der Waals surface area contributed by atoms with E-state index in [0.717, 1.165) is 11.3 Å². The van der Waals surface area contributed by atoms with Gasteiger partial charge in [-0.05, 0) is 67.6 Å². The lowest BCUT2D eigenvalue weighted by atomic mass is 10.0. The molecular formula is C21H26N2O3S. The third-order valence-corrected chi connectivity index (χ3v) is 6.88. The van der Waals surface area contributed by atoms with Crippen LogP contribution in [0.3, 0.4) is 0 Å². The topological polar surface area (TPSA) is 66.5 Å². The van der Waals surface area contributed by atoms with E-state index in [0.29, 0.717) is 23.6 Å². The van der Waals surface area contributed by atoms with Gasteiger partial charge in [-0.25, -0.2) is 8.42 Å². The minimum Gasteiger partial charge on any atom is -0.322 e. The summed E-state index contributed by atoms with van der Waals surface area (Å²) >= 11 is 0. The van der Waals surface area contributed by atoms with Crippen LogP contribution in [0.5, 0.6) is 0 Å². The van der Waals surface area contributed by atoms with Crippen LogP contribution >= 0.6 is 0 Å². The number of carbonyl (C=O) groups is 1. The Morgan fingerprint density at radius 3 is 2.44 bits per heavy atom. The molecule has 1 N–H and O–H groups in total. The van der Waals surface area contributed by atoms with Crippen molar-refractivity contribution in [1.82, 2.24) is 0 Å². The molecule has 0 fully saturated rings. The minimum atomic E-state index is -3.32. The molecule has 0 unspecified atom stereocenters. The van der Waals surface area contributed by atoms with Crippen LogP contribution in [0.4, 0.5) is 11.4 Å². The van der Waals surface area contributed by atoms with Crippen molar-refractivity contribution in [3.05, 3.63) is 59.2 Å². The zero-order chi connectivity index (χ0) is 19.8. The normalized spacial score (nSPS) is 16.5. The van der Waals surface area contributed by atoms with Crippen molar-refractivity contribution < 1.29 is 13.2 Å². The van der Waals surface area contributed by atoms with E-state index < -0.39 is 10.0 Å². The monoisotopic (exact) mass is 386 g/mol. The first-order chi connectivity index (χ1) is 12.7. The van der Waals surface area contributed by atoms with E-state index in [1.807, 2.05) is 31.2 Å². The largest absolute Gasteiger partial charge is 0.322 e. The third kappa shape index (κ3) is 3.86. The summed E-state index contributed by atoms with van der Waals surface area (Å²) in [6.45, 7) is 7.79. The van der Waals surface area contributed by atoms with Crippen molar-refractivity contribution >= 4 is 27.3 Å². The molecule has 1 amide bonds. The molecule has 0 spiro atoms. The number of anilines is 2. The number of hydrogen-bond donors (Lipinski definition) is 1. The van der Waals surface area contributed by atoms with E-state index in [2.05, 4.69) is 19.2 Å². The van der Waals surface area contributed by atoms with E-state index in [-0.39, 0.29) is 17.7 Å². The van der Waals surface area contributed by atoms with Gasteiger partial charge in [-0.3, -0.25) is 9.10 Å². The molecule has 0 aliphatic carbocycles. The number of nitrogens with one attached hydrogen (secondary N) is 1. The highest BCUT2D eigenvalue weighted by molar-refractivity contribution is 7.92. The zero-order valence-corrected chi connectivity index (χ0v) is 17.0. The quantitative estimate of drug-likeness (QED) is 0.839. The Hall–Kier alpha value is -2.34. The smallest absolute Gasteiger partial charge is 0.255 e. The van der Waals surface area contributed by atoms with Gasteiger partial charge >= 0.3 is 0 Å². The van der Waals surface area contributed by atoms with Crippen molar-refractivity contribution in [3.63, 3.8) is 0 Å². The van der Waals surface area contributed by atoms with Crippen LogP contribution in [-0.4, -0.2) is 26.1 Å². The Kier molecular flexibility index (Phi) is 5.29. The lowest BCUT2D eigenvalue weighted by Crippen LogP contribution is -2.36. The van der Waals surface area contributed by atoms with Crippen molar-refractivity contribution in [1.29, 1.82) is 0 Å². The highest BCUT2D eigenvalue weighted by Gasteiger charge is 2.34. The molecule has 2 aromatic rings. The molecule has 0 aromatic heterocycles. The van der Waals surface area contributed by atoms with Gasteiger partial charge in [0, 0.05) is 17.3 Å². The van der Waals surface area contributed by atoms with Crippen molar-refractivity contribution in [2.24, 2.45) is 0 Å². The SMILES string of the molecule is CCS(=O)(=O)N1c2ccc(C(=O)Nc3ccc(C(C)C)cc3)cc2C[C@@H]1C. The fourth-order valence-corrected chi connectivity index (χ4v) is 4.84. The molecule has 6 heteroatoms. The molecule has 0 saturated carbocycles. The maximum absolute atomic E-state index is 12.6. The first-order valence-corrected chi connectivity index (χ1v) is 10.9. The van der Waals surface area contributed by atoms with Crippen molar-refractivity contribution in [2.45, 2.75) is 46.1 Å². The molecule has 2 aromatic carbocycles. The number of sulfonamides is 1. The summed E-state index contributed by atoms with van der Waals surface area (Å²) in [4.78, 5) is 12.6. The van der Waals surface area contributed by atoms with Crippen LogP contribution in [0, 0.1) is 0 Å². The molecule has 1 aliphatic rings. The first kappa shape index (κ1) is 19.4. The lowest BCUT2D eigenvalue weighted by molar-refractivity contribution is 0.102. The average molecular weight is 387 g/mol. The van der Waals surface area contributed by atoms with Gasteiger partial charge in [0.05, 0.1) is 11.4 Å². The van der Waals surface area contributed by atoms with Crippen LogP contribution in [0.2, 0.25) is 0 Å². The minimum absolute atomic E-state index is 0.0609. The maximum Gasteiger partial charge on any atom is 0.255 e. The summed E-state index contributed by atoms with van der Waals surface area (Å²) in [6, 6.07) is 12.9. The van der Waals surface area contributed by atoms with Gasteiger partial charge in [-0.1, -0.05) is 26.0 Å². The molecule has 1 atom stereocenters. The van der Waals surface area contributed by atoms with E-state index in [4.69, 9.17) is 0 Å². The highest BCUT2D eigenvalue weighted by Crippen LogP contribution is 2.35. The Morgan fingerprint density at radius 1 is 1.19 bits per heavy atom. The molecule has 0 radical (unpaired) electrons. The number of fused-ring (bicyclic) bond motifs is 1. The van der Waals surface area contributed by atoms with Gasteiger partial charge in [0.25, 0.3) is 5.91 Å². The number of rotatable bonds is 5. The van der Waals surface area contributed by atoms with E-state index in [1.54, 1.807) is 25.1 Å². The zero-order valence-electron chi connectivity index (χ0n) is 16.2. The second-order valence-corrected chi connectivity index (χ2v) is 9.46. The van der Waals surface area contributed by atoms with Gasteiger partial charge in [-0.2, -0.15) is 0 Å². The van der Waals surface area contributed by atoms with Crippen LogP contribution in [0.15, 0.2) is 42.5 Å². The standard InChI is InChI=1S/C21H26N2O3S/c1-5-27(25,26)23-15(4)12-18-13-17(8-11-20(18)23)21(24)22-19-9-6-16(7-10-19)14(2)3/h6-11,13-15H,5,12H2,1-4H3,(H,22,24)/t15-/m0/s1. The molecule has 0 bridgehead atoms. The summed E-state index contributed by atoms with van der Waals surface area (Å²) in [5.41, 5.74) is 4.07. The summed E-state index contributed by atoms with van der Waals surface area (Å²) in [6.07, 6.45) is 0.610. The van der Waals surface area contributed by atoms with E-state index in [9.17, 15) is 13.2 Å². The average Bonchev–Trinajstić information content (AvgIpc) is 2.97. The molecule has 1 heterocycles. The highest BCUT2D eigenvalue weighted by atomic mass is 32.2. The number of carbonyl (C=O) groups excluding carboxylic acids is 1. The molecule has 5 nitrogen and oxygen atoms in total. The number of nitrogens with zero attached hydrogens (tertiary/aromatic N) is 1. The summed E-state index contributed by atoms with van der Waals surface area (Å²) in [5.74, 6) is 0.307. The van der Waals surface area contributed by atoms with Gasteiger partial charge in [0.15, 0.2) is 0 Å². The predicted molar refractivity (Wildman–Crippen MR) is 110 cm³/mol. The fourth-order valence-electron chi connectivity index (χ4n) is 3.46. The third-order valence-electron chi connectivity index (χ3n) is 4.99. The molecular weight excluding hydrogens is 360 g/mol. The Morgan fingerprint density at radius 2 is 1.85 bits per heavy atom. The number of benzene rings is 2. The number of hydrogen-bond acceptors (Lipinski definition) is 3. The Bertz CT molecular complexity index is 950. The second kappa shape index (κ2) is 7.35. The van der Waals surface area contributed by atoms with Gasteiger partial charge in [-0.15, -0.1) is 0 Å². The lowest BCUT2D eigenvalue weighted by Gasteiger charge is -2.23. The number of amides is 1. The Labute approximate surface area is 161 Å². The van der Waals surface area contributed by atoms with Crippen LogP contribution in [0.1, 0.15) is 55.1 Å². The Balaban J connectivity index is 1.81.